The Balaban J connectivity index is 1.64. The van der Waals surface area contributed by atoms with Crippen molar-refractivity contribution in [2.24, 2.45) is 5.92 Å². The summed E-state index contributed by atoms with van der Waals surface area (Å²) in [5, 5.41) is 0. The van der Waals surface area contributed by atoms with Gasteiger partial charge in [0, 0.05) is 11.5 Å². The fraction of sp³-hybridized carbons (Fsp3) is 0.250. The molecule has 0 N–H and O–H groups in total. The van der Waals surface area contributed by atoms with Crippen molar-refractivity contribution in [1.82, 2.24) is 0 Å². The minimum atomic E-state index is -0.221. The molecule has 1 heterocycles. The molecule has 3 nitrogen and oxygen atoms in total. The van der Waals surface area contributed by atoms with Gasteiger partial charge in [0.2, 0.25) is 0 Å². The van der Waals surface area contributed by atoms with Gasteiger partial charge in [0.15, 0.2) is 0 Å². The van der Waals surface area contributed by atoms with Gasteiger partial charge in [-0.15, -0.1) is 0 Å². The third kappa shape index (κ3) is 4.22. The molecule has 23 heavy (non-hydrogen) atoms. The lowest BCUT2D eigenvalue weighted by Gasteiger charge is -2.24. The molecule has 118 valence electrons. The molecule has 0 amide bonds. The van der Waals surface area contributed by atoms with Crippen molar-refractivity contribution in [3.8, 4) is 5.75 Å². The number of hydrogen-bond donors (Lipinski definition) is 0. The van der Waals surface area contributed by atoms with Crippen molar-refractivity contribution in [3.05, 3.63) is 71.3 Å². The molecule has 0 aromatic heterocycles. The van der Waals surface area contributed by atoms with Crippen LogP contribution in [0.3, 0.4) is 0 Å². The monoisotopic (exact) mass is 308 g/mol. The van der Waals surface area contributed by atoms with Gasteiger partial charge in [-0.05, 0) is 37.1 Å². The van der Waals surface area contributed by atoms with Crippen LogP contribution in [0.2, 0.25) is 0 Å². The summed E-state index contributed by atoms with van der Waals surface area (Å²) in [6.07, 6.45) is 2.59. The standard InChI is InChI=1S/C20H20O3/c1-15-7-9-16(10-8-15)11-18-12-17(14-23-20(18)21)13-22-19-5-3-2-4-6-19/h2-11,17H,12-14H2,1H3/b18-11+. The highest BCUT2D eigenvalue weighted by Crippen LogP contribution is 2.24. The van der Waals surface area contributed by atoms with Gasteiger partial charge in [-0.25, -0.2) is 4.79 Å². The molecule has 0 bridgehead atoms. The smallest absolute Gasteiger partial charge is 0.334 e. The number of esters is 1. The van der Waals surface area contributed by atoms with Crippen LogP contribution in [0.25, 0.3) is 6.08 Å². The first kappa shape index (κ1) is 15.3. The van der Waals surface area contributed by atoms with E-state index in [4.69, 9.17) is 9.47 Å². The molecule has 1 saturated heterocycles. The quantitative estimate of drug-likeness (QED) is 0.632. The van der Waals surface area contributed by atoms with Crippen molar-refractivity contribution in [3.63, 3.8) is 0 Å². The summed E-state index contributed by atoms with van der Waals surface area (Å²) in [4.78, 5) is 12.0. The third-order valence-electron chi connectivity index (χ3n) is 3.87. The van der Waals surface area contributed by atoms with E-state index in [9.17, 15) is 4.79 Å². The molecular weight excluding hydrogens is 288 g/mol. The number of aryl methyl sites for hydroxylation is 1. The van der Waals surface area contributed by atoms with Gasteiger partial charge in [0.25, 0.3) is 0 Å². The number of rotatable bonds is 4. The highest BCUT2D eigenvalue weighted by molar-refractivity contribution is 5.94. The second-order valence-corrected chi connectivity index (χ2v) is 5.87. The van der Waals surface area contributed by atoms with Crippen LogP contribution < -0.4 is 4.74 Å². The minimum Gasteiger partial charge on any atom is -0.493 e. The number of hydrogen-bond acceptors (Lipinski definition) is 3. The van der Waals surface area contributed by atoms with Crippen LogP contribution in [-0.2, 0) is 9.53 Å². The summed E-state index contributed by atoms with van der Waals surface area (Å²) in [5.41, 5.74) is 2.93. The average Bonchev–Trinajstić information content (AvgIpc) is 2.58. The zero-order valence-electron chi connectivity index (χ0n) is 13.2. The van der Waals surface area contributed by atoms with Crippen molar-refractivity contribution >= 4 is 12.0 Å². The van der Waals surface area contributed by atoms with Gasteiger partial charge in [-0.3, -0.25) is 0 Å². The molecule has 3 heteroatoms. The lowest BCUT2D eigenvalue weighted by Crippen LogP contribution is -2.28. The van der Waals surface area contributed by atoms with Crippen LogP contribution in [0.5, 0.6) is 5.75 Å². The van der Waals surface area contributed by atoms with E-state index in [2.05, 4.69) is 0 Å². The normalized spacial score (nSPS) is 19.4. The van der Waals surface area contributed by atoms with Gasteiger partial charge < -0.3 is 9.47 Å². The molecule has 1 aliphatic rings. The Morgan fingerprint density at radius 2 is 1.87 bits per heavy atom. The molecule has 1 aliphatic heterocycles. The van der Waals surface area contributed by atoms with E-state index in [0.717, 1.165) is 11.3 Å². The summed E-state index contributed by atoms with van der Waals surface area (Å²) < 4.78 is 11.1. The van der Waals surface area contributed by atoms with E-state index in [0.29, 0.717) is 25.2 Å². The zero-order valence-corrected chi connectivity index (χ0v) is 13.2. The number of carbonyl (C=O) groups is 1. The Bertz CT molecular complexity index is 687. The fourth-order valence-corrected chi connectivity index (χ4v) is 2.56. The number of ether oxygens (including phenoxy) is 2. The van der Waals surface area contributed by atoms with Gasteiger partial charge in [-0.2, -0.15) is 0 Å². The van der Waals surface area contributed by atoms with E-state index in [1.165, 1.54) is 5.56 Å². The molecule has 2 aromatic rings. The predicted molar refractivity (Wildman–Crippen MR) is 90.2 cm³/mol. The molecule has 1 unspecified atom stereocenters. The topological polar surface area (TPSA) is 35.5 Å². The molecule has 0 aliphatic carbocycles. The van der Waals surface area contributed by atoms with Crippen LogP contribution in [0.1, 0.15) is 17.5 Å². The van der Waals surface area contributed by atoms with Crippen molar-refractivity contribution in [2.75, 3.05) is 13.2 Å². The minimum absolute atomic E-state index is 0.185. The molecule has 1 atom stereocenters. The number of para-hydroxylation sites is 1. The summed E-state index contributed by atoms with van der Waals surface area (Å²) in [6, 6.07) is 17.8. The van der Waals surface area contributed by atoms with E-state index >= 15 is 0 Å². The fourth-order valence-electron chi connectivity index (χ4n) is 2.56. The van der Waals surface area contributed by atoms with Crippen LogP contribution in [-0.4, -0.2) is 19.2 Å². The number of cyclic esters (lactones) is 1. The van der Waals surface area contributed by atoms with E-state index in [-0.39, 0.29) is 11.9 Å². The first-order valence-electron chi connectivity index (χ1n) is 7.83. The van der Waals surface area contributed by atoms with Crippen LogP contribution in [0.15, 0.2) is 60.2 Å². The van der Waals surface area contributed by atoms with Crippen LogP contribution in [0.4, 0.5) is 0 Å². The second-order valence-electron chi connectivity index (χ2n) is 5.87. The molecule has 2 aromatic carbocycles. The van der Waals surface area contributed by atoms with Crippen molar-refractivity contribution < 1.29 is 14.3 Å². The Kier molecular flexibility index (Phi) is 4.77. The Hall–Kier alpha value is -2.55. The Morgan fingerprint density at radius 3 is 2.61 bits per heavy atom. The summed E-state index contributed by atoms with van der Waals surface area (Å²) in [5.74, 6) is 0.805. The Labute approximate surface area is 136 Å². The zero-order chi connectivity index (χ0) is 16.1. The van der Waals surface area contributed by atoms with Crippen LogP contribution in [0, 0.1) is 12.8 Å². The molecule has 0 radical (unpaired) electrons. The first-order valence-corrected chi connectivity index (χ1v) is 7.83. The SMILES string of the molecule is Cc1ccc(/C=C2\CC(COc3ccccc3)COC2=O)cc1. The van der Waals surface area contributed by atoms with E-state index < -0.39 is 0 Å². The summed E-state index contributed by atoms with van der Waals surface area (Å²) >= 11 is 0. The largest absolute Gasteiger partial charge is 0.493 e. The van der Waals surface area contributed by atoms with Crippen molar-refractivity contribution in [1.29, 1.82) is 0 Å². The van der Waals surface area contributed by atoms with E-state index in [1.54, 1.807) is 0 Å². The molecule has 0 spiro atoms. The van der Waals surface area contributed by atoms with Crippen molar-refractivity contribution in [2.45, 2.75) is 13.3 Å². The maximum absolute atomic E-state index is 12.0. The van der Waals surface area contributed by atoms with E-state index in [1.807, 2.05) is 67.6 Å². The maximum atomic E-state index is 12.0. The second kappa shape index (κ2) is 7.14. The lowest BCUT2D eigenvalue weighted by atomic mass is 9.96. The molecular formula is C20H20O3. The first-order chi connectivity index (χ1) is 11.2. The number of benzene rings is 2. The maximum Gasteiger partial charge on any atom is 0.334 e. The predicted octanol–water partition coefficient (Wildman–Crippen LogP) is 4.02. The summed E-state index contributed by atoms with van der Waals surface area (Å²) in [6.45, 7) is 3.00. The van der Waals surface area contributed by atoms with Crippen LogP contribution >= 0.6 is 0 Å². The Morgan fingerprint density at radius 1 is 1.13 bits per heavy atom. The highest BCUT2D eigenvalue weighted by Gasteiger charge is 2.25. The van der Waals surface area contributed by atoms with Gasteiger partial charge in [0.05, 0.1) is 13.2 Å². The average molecular weight is 308 g/mol. The molecule has 0 saturated carbocycles. The number of carbonyl (C=O) groups excluding carboxylic acids is 1. The highest BCUT2D eigenvalue weighted by atomic mass is 16.5. The summed E-state index contributed by atoms with van der Waals surface area (Å²) in [7, 11) is 0. The lowest BCUT2D eigenvalue weighted by molar-refractivity contribution is -0.143. The van der Waals surface area contributed by atoms with Gasteiger partial charge >= 0.3 is 5.97 Å². The van der Waals surface area contributed by atoms with Gasteiger partial charge in [-0.1, -0.05) is 48.0 Å². The molecule has 1 fully saturated rings. The third-order valence-corrected chi connectivity index (χ3v) is 3.87. The van der Waals surface area contributed by atoms with Gasteiger partial charge in [0.1, 0.15) is 5.75 Å². The molecule has 3 rings (SSSR count).